The van der Waals surface area contributed by atoms with Gasteiger partial charge in [-0.2, -0.15) is 13.2 Å². The molecule has 1 saturated heterocycles. The molecule has 0 spiro atoms. The van der Waals surface area contributed by atoms with Crippen molar-refractivity contribution in [3.63, 3.8) is 0 Å². The number of amides is 1. The fourth-order valence-corrected chi connectivity index (χ4v) is 2.15. The third-order valence-corrected chi connectivity index (χ3v) is 3.05. The van der Waals surface area contributed by atoms with Crippen molar-refractivity contribution in [3.8, 4) is 0 Å². The number of halogens is 3. The molecule has 86 valence electrons. The van der Waals surface area contributed by atoms with E-state index in [0.717, 1.165) is 13.1 Å². The summed E-state index contributed by atoms with van der Waals surface area (Å²) in [5.41, 5.74) is 0. The second-order valence-electron chi connectivity index (χ2n) is 4.19. The molecule has 0 radical (unpaired) electrons. The van der Waals surface area contributed by atoms with Crippen LogP contribution in [0.15, 0.2) is 0 Å². The summed E-state index contributed by atoms with van der Waals surface area (Å²) in [4.78, 5) is 11.1. The van der Waals surface area contributed by atoms with Gasteiger partial charge in [0.05, 0.1) is 6.42 Å². The van der Waals surface area contributed by atoms with Crippen LogP contribution in [-0.4, -0.2) is 31.2 Å². The lowest BCUT2D eigenvalue weighted by molar-refractivity contribution is -0.144. The van der Waals surface area contributed by atoms with Gasteiger partial charge in [-0.05, 0) is 11.8 Å². The van der Waals surface area contributed by atoms with E-state index in [1.54, 1.807) is 0 Å². The SMILES string of the molecule is O=C(CCC(F)(F)F)NC1C2CNCC21. The topological polar surface area (TPSA) is 41.1 Å². The van der Waals surface area contributed by atoms with Gasteiger partial charge < -0.3 is 10.6 Å². The van der Waals surface area contributed by atoms with Crippen LogP contribution in [0.5, 0.6) is 0 Å². The third-order valence-electron chi connectivity index (χ3n) is 3.05. The highest BCUT2D eigenvalue weighted by Crippen LogP contribution is 2.41. The van der Waals surface area contributed by atoms with E-state index in [1.165, 1.54) is 0 Å². The maximum Gasteiger partial charge on any atom is 0.389 e. The van der Waals surface area contributed by atoms with E-state index in [9.17, 15) is 18.0 Å². The number of rotatable bonds is 3. The van der Waals surface area contributed by atoms with Gasteiger partial charge in [-0.3, -0.25) is 4.79 Å². The summed E-state index contributed by atoms with van der Waals surface area (Å²) in [6.07, 6.45) is -5.72. The molecule has 2 unspecified atom stereocenters. The first-order valence-corrected chi connectivity index (χ1v) is 5.04. The number of nitrogens with one attached hydrogen (secondary N) is 2. The molecule has 1 saturated carbocycles. The molecule has 1 heterocycles. The molecule has 2 rings (SSSR count). The molecule has 0 aromatic carbocycles. The third kappa shape index (κ3) is 2.62. The lowest BCUT2D eigenvalue weighted by Crippen LogP contribution is -2.33. The van der Waals surface area contributed by atoms with Crippen LogP contribution in [0.1, 0.15) is 12.8 Å². The molecule has 0 aromatic rings. The van der Waals surface area contributed by atoms with Gasteiger partial charge in [-0.1, -0.05) is 0 Å². The van der Waals surface area contributed by atoms with Crippen LogP contribution in [0, 0.1) is 11.8 Å². The second kappa shape index (κ2) is 3.66. The van der Waals surface area contributed by atoms with Gasteiger partial charge in [0.25, 0.3) is 0 Å². The summed E-state index contributed by atoms with van der Waals surface area (Å²) in [6, 6.07) is 0.118. The highest BCUT2D eigenvalue weighted by Gasteiger charge is 2.53. The smallest absolute Gasteiger partial charge is 0.353 e. The molecule has 2 aliphatic rings. The van der Waals surface area contributed by atoms with Crippen LogP contribution in [0.3, 0.4) is 0 Å². The average molecular weight is 222 g/mol. The number of hydrogen-bond donors (Lipinski definition) is 2. The molecular formula is C9H13F3N2O. The highest BCUT2D eigenvalue weighted by atomic mass is 19.4. The zero-order valence-corrected chi connectivity index (χ0v) is 8.10. The molecule has 0 bridgehead atoms. The lowest BCUT2D eigenvalue weighted by Gasteiger charge is -2.08. The zero-order valence-electron chi connectivity index (χ0n) is 8.10. The van der Waals surface area contributed by atoms with E-state index in [4.69, 9.17) is 0 Å². The standard InChI is InChI=1S/C9H13F3N2O/c10-9(11,12)2-1-7(15)14-8-5-3-13-4-6(5)8/h5-6,8,13H,1-4H2,(H,14,15). The van der Waals surface area contributed by atoms with Crippen molar-refractivity contribution < 1.29 is 18.0 Å². The molecule has 1 aliphatic carbocycles. The summed E-state index contributed by atoms with van der Waals surface area (Å²) in [5, 5.41) is 5.80. The van der Waals surface area contributed by atoms with Crippen LogP contribution < -0.4 is 10.6 Å². The predicted molar refractivity (Wildman–Crippen MR) is 47.1 cm³/mol. The Bertz CT molecular complexity index is 257. The normalized spacial score (nSPS) is 33.7. The molecule has 1 aliphatic heterocycles. The monoisotopic (exact) mass is 222 g/mol. The van der Waals surface area contributed by atoms with Crippen molar-refractivity contribution in [3.05, 3.63) is 0 Å². The van der Waals surface area contributed by atoms with Gasteiger partial charge in [0.1, 0.15) is 0 Å². The molecule has 2 fully saturated rings. The molecule has 2 atom stereocenters. The van der Waals surface area contributed by atoms with Crippen molar-refractivity contribution in [2.45, 2.75) is 25.1 Å². The van der Waals surface area contributed by atoms with E-state index < -0.39 is 24.9 Å². The predicted octanol–water partition coefficient (Wildman–Crippen LogP) is 0.663. The average Bonchev–Trinajstić information content (AvgIpc) is 2.62. The molecule has 15 heavy (non-hydrogen) atoms. The first-order valence-electron chi connectivity index (χ1n) is 5.04. The summed E-state index contributed by atoms with van der Waals surface area (Å²) < 4.78 is 35.4. The first kappa shape index (κ1) is 10.7. The van der Waals surface area contributed by atoms with Gasteiger partial charge in [0.15, 0.2) is 0 Å². The molecule has 6 heteroatoms. The zero-order chi connectivity index (χ0) is 11.1. The number of hydrogen-bond acceptors (Lipinski definition) is 2. The Morgan fingerprint density at radius 1 is 1.33 bits per heavy atom. The largest absolute Gasteiger partial charge is 0.389 e. The minimum Gasteiger partial charge on any atom is -0.353 e. The molecule has 3 nitrogen and oxygen atoms in total. The van der Waals surface area contributed by atoms with E-state index in [0.29, 0.717) is 11.8 Å². The van der Waals surface area contributed by atoms with Crippen LogP contribution >= 0.6 is 0 Å². The van der Waals surface area contributed by atoms with Gasteiger partial charge in [-0.15, -0.1) is 0 Å². The Balaban J connectivity index is 1.66. The lowest BCUT2D eigenvalue weighted by atomic mass is 10.3. The molecule has 2 N–H and O–H groups in total. The fourth-order valence-electron chi connectivity index (χ4n) is 2.15. The Kier molecular flexibility index (Phi) is 2.62. The second-order valence-corrected chi connectivity index (χ2v) is 4.19. The van der Waals surface area contributed by atoms with E-state index in [1.807, 2.05) is 0 Å². The Labute approximate surface area is 85.4 Å². The number of piperidine rings is 1. The van der Waals surface area contributed by atoms with Crippen molar-refractivity contribution in [1.82, 2.24) is 10.6 Å². The van der Waals surface area contributed by atoms with Crippen LogP contribution in [0.2, 0.25) is 0 Å². The summed E-state index contributed by atoms with van der Waals surface area (Å²) in [5.74, 6) is 0.409. The number of carbonyl (C=O) groups is 1. The van der Waals surface area contributed by atoms with E-state index in [-0.39, 0.29) is 6.04 Å². The Morgan fingerprint density at radius 3 is 2.47 bits per heavy atom. The van der Waals surface area contributed by atoms with Gasteiger partial charge in [0, 0.05) is 25.6 Å². The highest BCUT2D eigenvalue weighted by molar-refractivity contribution is 5.76. The minimum absolute atomic E-state index is 0.118. The van der Waals surface area contributed by atoms with Crippen LogP contribution in [0.4, 0.5) is 13.2 Å². The van der Waals surface area contributed by atoms with Gasteiger partial charge >= 0.3 is 6.18 Å². The Hall–Kier alpha value is -0.780. The number of carbonyl (C=O) groups excluding carboxylic acids is 1. The summed E-state index contributed by atoms with van der Waals surface area (Å²) in [7, 11) is 0. The number of alkyl halides is 3. The fraction of sp³-hybridized carbons (Fsp3) is 0.889. The molecular weight excluding hydrogens is 209 g/mol. The van der Waals surface area contributed by atoms with Gasteiger partial charge in [0.2, 0.25) is 5.91 Å². The summed E-state index contributed by atoms with van der Waals surface area (Å²) >= 11 is 0. The number of fused-ring (bicyclic) bond motifs is 1. The maximum atomic E-state index is 11.8. The van der Waals surface area contributed by atoms with Crippen molar-refractivity contribution in [2.24, 2.45) is 11.8 Å². The van der Waals surface area contributed by atoms with Crippen molar-refractivity contribution in [2.75, 3.05) is 13.1 Å². The molecule has 0 aromatic heterocycles. The van der Waals surface area contributed by atoms with Gasteiger partial charge in [-0.25, -0.2) is 0 Å². The maximum absolute atomic E-state index is 11.8. The van der Waals surface area contributed by atoms with Crippen LogP contribution in [-0.2, 0) is 4.79 Å². The van der Waals surface area contributed by atoms with Crippen molar-refractivity contribution in [1.29, 1.82) is 0 Å². The first-order chi connectivity index (χ1) is 6.97. The minimum atomic E-state index is -4.24. The quantitative estimate of drug-likeness (QED) is 0.736. The van der Waals surface area contributed by atoms with E-state index in [2.05, 4.69) is 10.6 Å². The van der Waals surface area contributed by atoms with Crippen LogP contribution in [0.25, 0.3) is 0 Å². The van der Waals surface area contributed by atoms with E-state index >= 15 is 0 Å². The molecule has 1 amide bonds. The Morgan fingerprint density at radius 2 is 1.93 bits per heavy atom. The summed E-state index contributed by atoms with van der Waals surface area (Å²) in [6.45, 7) is 1.74. The van der Waals surface area contributed by atoms with Crippen molar-refractivity contribution >= 4 is 5.91 Å².